The Bertz CT molecular complexity index is 2180. The quantitative estimate of drug-likeness (QED) is 0.170. The Morgan fingerprint density at radius 1 is 0.769 bits per heavy atom. The number of hydrogen-bond acceptors (Lipinski definition) is 3. The molecule has 0 bridgehead atoms. The van der Waals surface area contributed by atoms with E-state index < -0.39 is 27.4 Å². The van der Waals surface area contributed by atoms with Gasteiger partial charge in [-0.1, -0.05) is 62.0 Å². The summed E-state index contributed by atoms with van der Waals surface area (Å²) in [4.78, 5) is 8.44. The predicted molar refractivity (Wildman–Crippen MR) is 155 cm³/mol. The number of furan rings is 1. The summed E-state index contributed by atoms with van der Waals surface area (Å²) in [6.45, 7) is -5.27. The topological polar surface area (TPSA) is 38.9 Å². The maximum Gasteiger partial charge on any atom is 0.121 e. The Balaban J connectivity index is 0.000000211. The summed E-state index contributed by atoms with van der Waals surface area (Å²) in [6, 6.07) is 22.7. The number of aromatic nitrogens is 2. The molecule has 0 atom stereocenters. The standard InChI is InChI=1S/C22H18NO.C13H12N.Ir/c1-12-10-16(23-11-13(12)2)14-8-9-18-20-19-15(22(3,4)21(14)20)6-5-7-17(19)24-18;1-10-3-6-12(7-4-10)13-8-5-11(2)9-14-13;/h5-7,9-11H,1-4H3;3-6,8-9H,1-2H3;/q2*-1;/i2*1D3,2D3;. The molecular formula is C35H30IrN2O-2. The van der Waals surface area contributed by atoms with E-state index in [-0.39, 0.29) is 47.8 Å². The van der Waals surface area contributed by atoms with Crippen molar-refractivity contribution in [2.24, 2.45) is 0 Å². The number of nitrogens with zero attached hydrogens (tertiary/aromatic N) is 2. The first-order valence-corrected chi connectivity index (χ1v) is 12.0. The van der Waals surface area contributed by atoms with Crippen LogP contribution in [0.25, 0.3) is 44.5 Å². The van der Waals surface area contributed by atoms with Crippen LogP contribution in [-0.2, 0) is 25.5 Å². The minimum atomic E-state index is -2.58. The van der Waals surface area contributed by atoms with Crippen molar-refractivity contribution in [2.45, 2.75) is 46.7 Å². The molecule has 197 valence electrons. The van der Waals surface area contributed by atoms with E-state index in [4.69, 9.17) is 20.9 Å². The second-order valence-electron chi connectivity index (χ2n) is 9.72. The van der Waals surface area contributed by atoms with Crippen LogP contribution < -0.4 is 0 Å². The van der Waals surface area contributed by atoms with E-state index in [2.05, 4.69) is 42.0 Å². The number of hydrogen-bond donors (Lipinski definition) is 0. The summed E-state index contributed by atoms with van der Waals surface area (Å²) < 4.78 is 96.3. The Kier molecular flexibility index (Phi) is 4.14. The van der Waals surface area contributed by atoms with Gasteiger partial charge in [0.1, 0.15) is 5.58 Å². The molecule has 1 aliphatic rings. The van der Waals surface area contributed by atoms with Crippen molar-refractivity contribution < 1.29 is 41.0 Å². The molecule has 0 saturated carbocycles. The Hall–Kier alpha value is -3.59. The van der Waals surface area contributed by atoms with Crippen LogP contribution in [0.1, 0.15) is 63.7 Å². The summed E-state index contributed by atoms with van der Waals surface area (Å²) in [7, 11) is 0. The van der Waals surface area contributed by atoms with E-state index in [1.54, 1.807) is 18.2 Å². The molecule has 0 fully saturated rings. The third kappa shape index (κ3) is 4.62. The van der Waals surface area contributed by atoms with E-state index in [1.165, 1.54) is 30.5 Å². The minimum Gasteiger partial charge on any atom is -0.500 e. The zero-order valence-corrected chi connectivity index (χ0v) is 23.5. The number of aryl methyl sites for hydroxylation is 4. The minimum absolute atomic E-state index is 0. The van der Waals surface area contributed by atoms with Gasteiger partial charge in [0.15, 0.2) is 0 Å². The largest absolute Gasteiger partial charge is 0.500 e. The molecule has 4 heteroatoms. The molecule has 7 rings (SSSR count). The van der Waals surface area contributed by atoms with Gasteiger partial charge in [-0.2, -0.15) is 0 Å². The SMILES string of the molecule is [2H]C([2H])([2H])c1c[c-]c(-c2ccc(C([2H])([2H])[2H])cn2)cc1.[2H]C([2H])([2H])c1cnc(-c2[c-]cc3oc4cccc5c4c3c2C5(C)C)cc1C([2H])([2H])[2H].[Ir]. The molecule has 0 unspecified atom stereocenters. The predicted octanol–water partition coefficient (Wildman–Crippen LogP) is 8.87. The van der Waals surface area contributed by atoms with Crippen LogP contribution in [-0.4, -0.2) is 9.97 Å². The molecule has 0 saturated heterocycles. The molecular weight excluding hydrogens is 657 g/mol. The Morgan fingerprint density at radius 3 is 2.31 bits per heavy atom. The molecule has 0 spiro atoms. The second-order valence-corrected chi connectivity index (χ2v) is 9.72. The second kappa shape index (κ2) is 10.2. The fourth-order valence-corrected chi connectivity index (χ4v) is 5.06. The maximum absolute atomic E-state index is 7.86. The van der Waals surface area contributed by atoms with Crippen molar-refractivity contribution in [2.75, 3.05) is 0 Å². The van der Waals surface area contributed by atoms with Crippen LogP contribution in [0.2, 0.25) is 0 Å². The van der Waals surface area contributed by atoms with Gasteiger partial charge < -0.3 is 14.4 Å². The number of benzene rings is 3. The normalized spacial score (nSPS) is 18.7. The molecule has 3 heterocycles. The van der Waals surface area contributed by atoms with Gasteiger partial charge in [0, 0.05) is 54.3 Å². The molecule has 0 amide bonds. The van der Waals surface area contributed by atoms with Gasteiger partial charge in [0.2, 0.25) is 0 Å². The van der Waals surface area contributed by atoms with Gasteiger partial charge in [-0.25, -0.2) is 0 Å². The van der Waals surface area contributed by atoms with Gasteiger partial charge in [-0.05, 0) is 60.1 Å². The van der Waals surface area contributed by atoms with Crippen molar-refractivity contribution in [3.8, 4) is 22.5 Å². The first-order valence-electron chi connectivity index (χ1n) is 18.0. The van der Waals surface area contributed by atoms with E-state index in [1.807, 2.05) is 12.1 Å². The molecule has 1 aliphatic carbocycles. The maximum atomic E-state index is 7.86. The van der Waals surface area contributed by atoms with Crippen LogP contribution >= 0.6 is 0 Å². The van der Waals surface area contributed by atoms with E-state index in [0.717, 1.165) is 39.3 Å². The average Bonchev–Trinajstić information content (AvgIpc) is 3.53. The van der Waals surface area contributed by atoms with Crippen LogP contribution in [0.15, 0.2) is 77.5 Å². The first kappa shape index (κ1) is 15.9. The van der Waals surface area contributed by atoms with Crippen LogP contribution in [0.3, 0.4) is 0 Å². The van der Waals surface area contributed by atoms with E-state index in [9.17, 15) is 0 Å². The van der Waals surface area contributed by atoms with Crippen molar-refractivity contribution in [3.63, 3.8) is 0 Å². The van der Waals surface area contributed by atoms with Crippen LogP contribution in [0.5, 0.6) is 0 Å². The van der Waals surface area contributed by atoms with Crippen molar-refractivity contribution in [1.82, 2.24) is 9.97 Å². The van der Waals surface area contributed by atoms with Gasteiger partial charge in [0.25, 0.3) is 0 Å². The zero-order valence-electron chi connectivity index (χ0n) is 33.1. The van der Waals surface area contributed by atoms with Crippen molar-refractivity contribution >= 4 is 21.9 Å². The van der Waals surface area contributed by atoms with Crippen molar-refractivity contribution in [3.05, 3.63) is 119 Å². The number of rotatable bonds is 2. The van der Waals surface area contributed by atoms with Gasteiger partial charge in [-0.3, -0.25) is 0 Å². The summed E-state index contributed by atoms with van der Waals surface area (Å²) in [6.07, 6.45) is 2.46. The summed E-state index contributed by atoms with van der Waals surface area (Å²) in [5, 5.41) is 2.04. The fraction of sp³-hybridized carbons (Fsp3) is 0.200. The number of pyridine rings is 2. The van der Waals surface area contributed by atoms with Crippen molar-refractivity contribution in [1.29, 1.82) is 0 Å². The Labute approximate surface area is 260 Å². The van der Waals surface area contributed by atoms with Crippen LogP contribution in [0.4, 0.5) is 0 Å². The average molecular weight is 699 g/mol. The zero-order chi connectivity index (χ0) is 36.6. The smallest absolute Gasteiger partial charge is 0.121 e. The summed E-state index contributed by atoms with van der Waals surface area (Å²) in [5.41, 5.74) is 5.38. The molecule has 3 aromatic carbocycles. The monoisotopic (exact) mass is 699 g/mol. The van der Waals surface area contributed by atoms with Crippen LogP contribution in [0, 0.1) is 39.5 Å². The summed E-state index contributed by atoms with van der Waals surface area (Å²) in [5.74, 6) is 0. The molecule has 3 nitrogen and oxygen atoms in total. The molecule has 3 aromatic heterocycles. The summed E-state index contributed by atoms with van der Waals surface area (Å²) >= 11 is 0. The fourth-order valence-electron chi connectivity index (χ4n) is 5.06. The first-order chi connectivity index (χ1) is 23.1. The third-order valence-electron chi connectivity index (χ3n) is 6.90. The molecule has 0 N–H and O–H groups in total. The Morgan fingerprint density at radius 2 is 1.59 bits per heavy atom. The molecule has 39 heavy (non-hydrogen) atoms. The van der Waals surface area contributed by atoms with Gasteiger partial charge in [0.05, 0.1) is 5.58 Å². The van der Waals surface area contributed by atoms with E-state index >= 15 is 0 Å². The third-order valence-corrected chi connectivity index (χ3v) is 6.90. The van der Waals surface area contributed by atoms with E-state index in [0.29, 0.717) is 22.5 Å². The van der Waals surface area contributed by atoms with Gasteiger partial charge >= 0.3 is 0 Å². The molecule has 6 aromatic rings. The molecule has 0 aliphatic heterocycles. The molecule has 1 radical (unpaired) electrons. The van der Waals surface area contributed by atoms with Gasteiger partial charge in [-0.15, -0.1) is 58.7 Å².